The van der Waals surface area contributed by atoms with Crippen molar-refractivity contribution in [2.75, 3.05) is 31.7 Å². The number of nitrogens with zero attached hydrogens (tertiary/aromatic N) is 3. The fraction of sp³-hybridized carbons (Fsp3) is 0.786. The van der Waals surface area contributed by atoms with E-state index in [4.69, 9.17) is 15.5 Å². The fourth-order valence-electron chi connectivity index (χ4n) is 2.53. The molecular formula is C14H26N4O. The average Bonchev–Trinajstić information content (AvgIpc) is 2.83. The van der Waals surface area contributed by atoms with Crippen LogP contribution in [0.5, 0.6) is 0 Å². The van der Waals surface area contributed by atoms with Gasteiger partial charge in [0.05, 0.1) is 5.69 Å². The quantitative estimate of drug-likeness (QED) is 0.791. The molecule has 1 aliphatic rings. The SMILES string of the molecule is CCc1cn(CCCOC)c(N2CCC(N)CC2)n1. The predicted molar refractivity (Wildman–Crippen MR) is 77.5 cm³/mol. The lowest BCUT2D eigenvalue weighted by atomic mass is 10.1. The van der Waals surface area contributed by atoms with Gasteiger partial charge in [-0.25, -0.2) is 4.98 Å². The molecule has 0 spiro atoms. The van der Waals surface area contributed by atoms with Crippen molar-refractivity contribution in [2.45, 2.75) is 45.2 Å². The molecule has 0 amide bonds. The smallest absolute Gasteiger partial charge is 0.205 e. The molecule has 0 atom stereocenters. The van der Waals surface area contributed by atoms with Crippen molar-refractivity contribution in [2.24, 2.45) is 5.73 Å². The first-order valence-corrected chi connectivity index (χ1v) is 7.30. The van der Waals surface area contributed by atoms with E-state index in [1.165, 1.54) is 5.69 Å². The van der Waals surface area contributed by atoms with Gasteiger partial charge in [0, 0.05) is 45.6 Å². The van der Waals surface area contributed by atoms with Gasteiger partial charge < -0.3 is 19.9 Å². The molecule has 2 N–H and O–H groups in total. The highest BCUT2D eigenvalue weighted by molar-refractivity contribution is 5.34. The highest BCUT2D eigenvalue weighted by Gasteiger charge is 2.20. The molecule has 1 aliphatic heterocycles. The number of aryl methyl sites for hydroxylation is 2. The van der Waals surface area contributed by atoms with Gasteiger partial charge in [-0.05, 0) is 25.7 Å². The molecule has 108 valence electrons. The molecule has 1 fully saturated rings. The Kier molecular flexibility index (Phi) is 5.22. The zero-order chi connectivity index (χ0) is 13.7. The fourth-order valence-corrected chi connectivity index (χ4v) is 2.53. The first-order chi connectivity index (χ1) is 9.24. The Morgan fingerprint density at radius 1 is 1.42 bits per heavy atom. The Labute approximate surface area is 115 Å². The Balaban J connectivity index is 2.06. The first-order valence-electron chi connectivity index (χ1n) is 7.30. The number of ether oxygens (including phenoxy) is 1. The number of nitrogens with two attached hydrogens (primary N) is 1. The van der Waals surface area contributed by atoms with Crippen molar-refractivity contribution >= 4 is 5.95 Å². The summed E-state index contributed by atoms with van der Waals surface area (Å²) in [5, 5.41) is 0. The molecule has 0 aliphatic carbocycles. The molecule has 0 bridgehead atoms. The average molecular weight is 266 g/mol. The lowest BCUT2D eigenvalue weighted by Crippen LogP contribution is -2.40. The third kappa shape index (κ3) is 3.70. The third-order valence-corrected chi connectivity index (χ3v) is 3.74. The van der Waals surface area contributed by atoms with Crippen molar-refractivity contribution in [3.63, 3.8) is 0 Å². The number of aromatic nitrogens is 2. The molecule has 2 heterocycles. The monoisotopic (exact) mass is 266 g/mol. The number of hydrogen-bond acceptors (Lipinski definition) is 4. The Bertz CT molecular complexity index is 383. The minimum absolute atomic E-state index is 0.360. The van der Waals surface area contributed by atoms with Gasteiger partial charge in [0.2, 0.25) is 5.95 Å². The van der Waals surface area contributed by atoms with Crippen LogP contribution in [0.15, 0.2) is 6.20 Å². The molecule has 5 heteroatoms. The zero-order valence-electron chi connectivity index (χ0n) is 12.1. The van der Waals surface area contributed by atoms with Crippen LogP contribution in [0.1, 0.15) is 31.9 Å². The summed E-state index contributed by atoms with van der Waals surface area (Å²) in [6.45, 7) is 5.96. The Morgan fingerprint density at radius 2 is 2.16 bits per heavy atom. The van der Waals surface area contributed by atoms with Gasteiger partial charge >= 0.3 is 0 Å². The third-order valence-electron chi connectivity index (χ3n) is 3.74. The van der Waals surface area contributed by atoms with Crippen LogP contribution in [0.25, 0.3) is 0 Å². The van der Waals surface area contributed by atoms with E-state index in [0.29, 0.717) is 6.04 Å². The molecule has 0 saturated carbocycles. The number of methoxy groups -OCH3 is 1. The minimum atomic E-state index is 0.360. The molecule has 19 heavy (non-hydrogen) atoms. The highest BCUT2D eigenvalue weighted by atomic mass is 16.5. The molecule has 0 radical (unpaired) electrons. The first kappa shape index (κ1) is 14.3. The maximum atomic E-state index is 5.97. The van der Waals surface area contributed by atoms with Crippen molar-refractivity contribution in [1.29, 1.82) is 0 Å². The summed E-state index contributed by atoms with van der Waals surface area (Å²) >= 11 is 0. The van der Waals surface area contributed by atoms with Crippen molar-refractivity contribution < 1.29 is 4.74 Å². The standard InChI is InChI=1S/C14H26N4O/c1-3-13-11-18(7-4-10-19-2)14(16-13)17-8-5-12(15)6-9-17/h11-12H,3-10,15H2,1-2H3. The van der Waals surface area contributed by atoms with E-state index in [1.54, 1.807) is 7.11 Å². The maximum Gasteiger partial charge on any atom is 0.205 e. The van der Waals surface area contributed by atoms with Crippen molar-refractivity contribution in [3.8, 4) is 0 Å². The Hall–Kier alpha value is -1.07. The van der Waals surface area contributed by atoms with Crippen molar-refractivity contribution in [3.05, 3.63) is 11.9 Å². The normalized spacial score (nSPS) is 17.1. The molecule has 0 aromatic carbocycles. The zero-order valence-corrected chi connectivity index (χ0v) is 12.1. The van der Waals surface area contributed by atoms with Crippen LogP contribution in [0.4, 0.5) is 5.95 Å². The molecule has 5 nitrogen and oxygen atoms in total. The van der Waals surface area contributed by atoms with E-state index in [1.807, 2.05) is 0 Å². The molecule has 1 aromatic heterocycles. The summed E-state index contributed by atoms with van der Waals surface area (Å²) in [6.07, 6.45) is 6.31. The Morgan fingerprint density at radius 3 is 2.79 bits per heavy atom. The number of hydrogen-bond donors (Lipinski definition) is 1. The molecule has 2 rings (SSSR count). The van der Waals surface area contributed by atoms with Gasteiger partial charge in [-0.2, -0.15) is 0 Å². The van der Waals surface area contributed by atoms with E-state index in [0.717, 1.165) is 57.9 Å². The summed E-state index contributed by atoms with van der Waals surface area (Å²) in [4.78, 5) is 7.13. The maximum absolute atomic E-state index is 5.97. The lowest BCUT2D eigenvalue weighted by Gasteiger charge is -2.31. The number of piperidine rings is 1. The molecule has 0 unspecified atom stereocenters. The van der Waals surface area contributed by atoms with Crippen LogP contribution < -0.4 is 10.6 Å². The van der Waals surface area contributed by atoms with Crippen molar-refractivity contribution in [1.82, 2.24) is 9.55 Å². The van der Waals surface area contributed by atoms with Crippen LogP contribution in [0.3, 0.4) is 0 Å². The van der Waals surface area contributed by atoms with Gasteiger partial charge in [-0.15, -0.1) is 0 Å². The van der Waals surface area contributed by atoms with Gasteiger partial charge in [0.1, 0.15) is 0 Å². The molecule has 1 saturated heterocycles. The van der Waals surface area contributed by atoms with Crippen LogP contribution in [0.2, 0.25) is 0 Å². The lowest BCUT2D eigenvalue weighted by molar-refractivity contribution is 0.190. The highest BCUT2D eigenvalue weighted by Crippen LogP contribution is 2.20. The second-order valence-corrected chi connectivity index (χ2v) is 5.25. The summed E-state index contributed by atoms with van der Waals surface area (Å²) in [5.41, 5.74) is 7.14. The second-order valence-electron chi connectivity index (χ2n) is 5.25. The van der Waals surface area contributed by atoms with Gasteiger partial charge in [-0.1, -0.05) is 6.92 Å². The van der Waals surface area contributed by atoms with E-state index >= 15 is 0 Å². The number of imidazole rings is 1. The topological polar surface area (TPSA) is 56.3 Å². The summed E-state index contributed by atoms with van der Waals surface area (Å²) in [6, 6.07) is 0.360. The summed E-state index contributed by atoms with van der Waals surface area (Å²) in [7, 11) is 1.75. The van der Waals surface area contributed by atoms with E-state index in [2.05, 4.69) is 22.6 Å². The predicted octanol–water partition coefficient (Wildman–Crippen LogP) is 1.41. The minimum Gasteiger partial charge on any atom is -0.385 e. The summed E-state index contributed by atoms with van der Waals surface area (Å²) < 4.78 is 7.40. The van der Waals surface area contributed by atoms with E-state index in [-0.39, 0.29) is 0 Å². The van der Waals surface area contributed by atoms with Crippen LogP contribution >= 0.6 is 0 Å². The number of rotatable bonds is 6. The second kappa shape index (κ2) is 6.91. The molecule has 1 aromatic rings. The molecular weight excluding hydrogens is 240 g/mol. The van der Waals surface area contributed by atoms with Crippen LogP contribution in [0, 0.1) is 0 Å². The van der Waals surface area contributed by atoms with Crippen LogP contribution in [-0.4, -0.2) is 42.4 Å². The van der Waals surface area contributed by atoms with Crippen LogP contribution in [-0.2, 0) is 17.7 Å². The summed E-state index contributed by atoms with van der Waals surface area (Å²) in [5.74, 6) is 1.11. The van der Waals surface area contributed by atoms with Gasteiger partial charge in [0.15, 0.2) is 0 Å². The van der Waals surface area contributed by atoms with E-state index in [9.17, 15) is 0 Å². The van der Waals surface area contributed by atoms with E-state index < -0.39 is 0 Å². The van der Waals surface area contributed by atoms with Gasteiger partial charge in [0.25, 0.3) is 0 Å². The number of anilines is 1. The largest absolute Gasteiger partial charge is 0.385 e. The van der Waals surface area contributed by atoms with Gasteiger partial charge in [-0.3, -0.25) is 0 Å².